The van der Waals surface area contributed by atoms with Gasteiger partial charge in [0, 0.05) is 24.7 Å². The number of hydrogen-bond donors (Lipinski definition) is 0. The first-order valence-electron chi connectivity index (χ1n) is 4.17. The first kappa shape index (κ1) is 8.86. The molecule has 1 rings (SSSR count). The fourth-order valence-corrected chi connectivity index (χ4v) is 1.09. The molecular formula is C10H14N2. The highest BCUT2D eigenvalue weighted by Gasteiger charge is 1.98. The molecule has 0 fully saturated rings. The summed E-state index contributed by atoms with van der Waals surface area (Å²) in [4.78, 5) is 0. The van der Waals surface area contributed by atoms with E-state index in [1.807, 2.05) is 17.1 Å². The van der Waals surface area contributed by atoms with Crippen LogP contribution in [0.3, 0.4) is 0 Å². The summed E-state index contributed by atoms with van der Waals surface area (Å²) in [6.07, 6.45) is 9.71. The average Bonchev–Trinajstić information content (AvgIpc) is 2.36. The highest BCUT2D eigenvalue weighted by Crippen LogP contribution is 2.01. The van der Waals surface area contributed by atoms with Crippen LogP contribution in [-0.2, 0) is 13.0 Å². The van der Waals surface area contributed by atoms with Crippen molar-refractivity contribution in [3.63, 3.8) is 0 Å². The second kappa shape index (κ2) is 3.96. The maximum atomic E-state index is 5.18. The quantitative estimate of drug-likeness (QED) is 0.619. The lowest BCUT2D eigenvalue weighted by Gasteiger charge is -2.02. The molecule has 64 valence electrons. The topological polar surface area (TPSA) is 17.8 Å². The Morgan fingerprint density at radius 3 is 3.00 bits per heavy atom. The summed E-state index contributed by atoms with van der Waals surface area (Å²) in [5, 5.41) is 4.20. The van der Waals surface area contributed by atoms with Gasteiger partial charge < -0.3 is 0 Å². The smallest absolute Gasteiger partial charge is 0.0531 e. The SMILES string of the molecule is C#CCc1cnn(CC(C)C)c1. The fourth-order valence-electron chi connectivity index (χ4n) is 1.09. The van der Waals surface area contributed by atoms with E-state index in [2.05, 4.69) is 24.9 Å². The van der Waals surface area contributed by atoms with Crippen molar-refractivity contribution < 1.29 is 0 Å². The van der Waals surface area contributed by atoms with Crippen molar-refractivity contribution in [2.45, 2.75) is 26.8 Å². The van der Waals surface area contributed by atoms with Gasteiger partial charge in [0.1, 0.15) is 0 Å². The Morgan fingerprint density at radius 1 is 1.67 bits per heavy atom. The predicted molar refractivity (Wildman–Crippen MR) is 49.6 cm³/mol. The van der Waals surface area contributed by atoms with Gasteiger partial charge in [-0.3, -0.25) is 4.68 Å². The van der Waals surface area contributed by atoms with E-state index in [0.29, 0.717) is 12.3 Å². The van der Waals surface area contributed by atoms with Crippen LogP contribution < -0.4 is 0 Å². The molecule has 0 atom stereocenters. The highest BCUT2D eigenvalue weighted by molar-refractivity contribution is 5.11. The van der Waals surface area contributed by atoms with Crippen molar-refractivity contribution >= 4 is 0 Å². The predicted octanol–water partition coefficient (Wildman–Crippen LogP) is 1.71. The molecule has 1 heterocycles. The summed E-state index contributed by atoms with van der Waals surface area (Å²) < 4.78 is 1.94. The first-order chi connectivity index (χ1) is 5.72. The maximum Gasteiger partial charge on any atom is 0.0531 e. The molecule has 0 amide bonds. The van der Waals surface area contributed by atoms with Crippen molar-refractivity contribution in [1.29, 1.82) is 0 Å². The Balaban J connectivity index is 2.59. The molecule has 0 aliphatic rings. The van der Waals surface area contributed by atoms with E-state index in [4.69, 9.17) is 6.42 Å². The highest BCUT2D eigenvalue weighted by atomic mass is 15.3. The van der Waals surface area contributed by atoms with Gasteiger partial charge in [-0.15, -0.1) is 12.3 Å². The molecule has 12 heavy (non-hydrogen) atoms. The third-order valence-corrected chi connectivity index (χ3v) is 1.55. The third-order valence-electron chi connectivity index (χ3n) is 1.55. The molecule has 1 aromatic heterocycles. The Labute approximate surface area is 73.6 Å². The summed E-state index contributed by atoms with van der Waals surface area (Å²) in [6, 6.07) is 0. The molecule has 0 radical (unpaired) electrons. The van der Waals surface area contributed by atoms with Gasteiger partial charge >= 0.3 is 0 Å². The molecule has 0 aliphatic carbocycles. The molecule has 2 heteroatoms. The molecule has 0 bridgehead atoms. The Morgan fingerprint density at radius 2 is 2.42 bits per heavy atom. The Hall–Kier alpha value is -1.23. The standard InChI is InChI=1S/C10H14N2/c1-4-5-10-6-11-12(8-10)7-9(2)3/h1,6,8-9H,5,7H2,2-3H3. The largest absolute Gasteiger partial charge is 0.272 e. The zero-order valence-electron chi connectivity index (χ0n) is 7.62. The molecule has 0 spiro atoms. The van der Waals surface area contributed by atoms with Crippen molar-refractivity contribution in [3.8, 4) is 12.3 Å². The summed E-state index contributed by atoms with van der Waals surface area (Å²) in [5.74, 6) is 3.23. The monoisotopic (exact) mass is 162 g/mol. The average molecular weight is 162 g/mol. The molecule has 2 nitrogen and oxygen atoms in total. The molecule has 0 aliphatic heterocycles. The molecule has 0 N–H and O–H groups in total. The second-order valence-corrected chi connectivity index (χ2v) is 3.35. The van der Waals surface area contributed by atoms with Crippen molar-refractivity contribution in [3.05, 3.63) is 18.0 Å². The van der Waals surface area contributed by atoms with E-state index in [-0.39, 0.29) is 0 Å². The van der Waals surface area contributed by atoms with Crippen LogP contribution in [0, 0.1) is 18.3 Å². The summed E-state index contributed by atoms with van der Waals surface area (Å²) in [7, 11) is 0. The van der Waals surface area contributed by atoms with Crippen LogP contribution in [0.15, 0.2) is 12.4 Å². The Bertz CT molecular complexity index is 278. The first-order valence-corrected chi connectivity index (χ1v) is 4.17. The minimum absolute atomic E-state index is 0.628. The molecule has 1 aromatic rings. The van der Waals surface area contributed by atoms with Crippen LogP contribution in [0.2, 0.25) is 0 Å². The van der Waals surface area contributed by atoms with Crippen LogP contribution in [-0.4, -0.2) is 9.78 Å². The Kier molecular flexibility index (Phi) is 2.93. The molecular weight excluding hydrogens is 148 g/mol. The minimum Gasteiger partial charge on any atom is -0.272 e. The fraction of sp³-hybridized carbons (Fsp3) is 0.500. The maximum absolute atomic E-state index is 5.18. The summed E-state index contributed by atoms with van der Waals surface area (Å²) in [5.41, 5.74) is 1.12. The lowest BCUT2D eigenvalue weighted by molar-refractivity contribution is 0.483. The van der Waals surface area contributed by atoms with E-state index in [9.17, 15) is 0 Å². The van der Waals surface area contributed by atoms with Gasteiger partial charge in [0.25, 0.3) is 0 Å². The van der Waals surface area contributed by atoms with E-state index in [0.717, 1.165) is 12.1 Å². The van der Waals surface area contributed by atoms with E-state index < -0.39 is 0 Å². The van der Waals surface area contributed by atoms with Gasteiger partial charge in [-0.05, 0) is 5.92 Å². The van der Waals surface area contributed by atoms with Crippen LogP contribution in [0.5, 0.6) is 0 Å². The van der Waals surface area contributed by atoms with Crippen LogP contribution in [0.4, 0.5) is 0 Å². The van der Waals surface area contributed by atoms with Crippen molar-refractivity contribution in [2.24, 2.45) is 5.92 Å². The summed E-state index contributed by atoms with van der Waals surface area (Å²) in [6.45, 7) is 5.30. The third kappa shape index (κ3) is 2.43. The van der Waals surface area contributed by atoms with Gasteiger partial charge in [-0.2, -0.15) is 5.10 Å². The van der Waals surface area contributed by atoms with E-state index in [1.165, 1.54) is 0 Å². The van der Waals surface area contributed by atoms with Crippen molar-refractivity contribution in [2.75, 3.05) is 0 Å². The van der Waals surface area contributed by atoms with Crippen molar-refractivity contribution in [1.82, 2.24) is 9.78 Å². The summed E-state index contributed by atoms with van der Waals surface area (Å²) >= 11 is 0. The van der Waals surface area contributed by atoms with Gasteiger partial charge in [0.2, 0.25) is 0 Å². The molecule has 0 saturated heterocycles. The van der Waals surface area contributed by atoms with Crippen LogP contribution >= 0.6 is 0 Å². The van der Waals surface area contributed by atoms with E-state index >= 15 is 0 Å². The lowest BCUT2D eigenvalue weighted by Crippen LogP contribution is -2.04. The van der Waals surface area contributed by atoms with Gasteiger partial charge in [-0.1, -0.05) is 13.8 Å². The van der Waals surface area contributed by atoms with Gasteiger partial charge in [0.05, 0.1) is 6.20 Å². The number of aromatic nitrogens is 2. The van der Waals surface area contributed by atoms with Gasteiger partial charge in [0.15, 0.2) is 0 Å². The van der Waals surface area contributed by atoms with Gasteiger partial charge in [-0.25, -0.2) is 0 Å². The zero-order valence-corrected chi connectivity index (χ0v) is 7.62. The lowest BCUT2D eigenvalue weighted by atomic mass is 10.2. The van der Waals surface area contributed by atoms with Crippen LogP contribution in [0.25, 0.3) is 0 Å². The molecule has 0 unspecified atom stereocenters. The molecule has 0 saturated carbocycles. The number of nitrogens with zero attached hydrogens (tertiary/aromatic N) is 2. The number of terminal acetylenes is 1. The van der Waals surface area contributed by atoms with E-state index in [1.54, 1.807) is 0 Å². The normalized spacial score (nSPS) is 10.2. The molecule has 0 aromatic carbocycles. The van der Waals surface area contributed by atoms with Crippen LogP contribution in [0.1, 0.15) is 19.4 Å². The minimum atomic E-state index is 0.628. The second-order valence-electron chi connectivity index (χ2n) is 3.35. The zero-order chi connectivity index (χ0) is 8.97. The number of hydrogen-bond acceptors (Lipinski definition) is 1. The number of rotatable bonds is 3.